The molecule has 5 aliphatic rings. The van der Waals surface area contributed by atoms with E-state index in [-0.39, 0.29) is 28.8 Å². The highest BCUT2D eigenvalue weighted by Crippen LogP contribution is 2.72. The number of hydrogen-bond acceptors (Lipinski definition) is 3. The second-order valence-corrected chi connectivity index (χ2v) is 9.96. The van der Waals surface area contributed by atoms with Gasteiger partial charge in [0.05, 0.1) is 17.6 Å². The van der Waals surface area contributed by atoms with Crippen molar-refractivity contribution < 1.29 is 15.0 Å². The lowest BCUT2D eigenvalue weighted by Crippen LogP contribution is -2.66. The number of nitriles is 1. The predicted octanol–water partition coefficient (Wildman–Crippen LogP) is 3.98. The number of hydrogen-bond donors (Lipinski definition) is 2. The maximum Gasteiger partial charge on any atom is 0.309 e. The molecule has 0 aromatic heterocycles. The number of aliphatic hydroxyl groups is 1. The number of carbonyl (C=O) groups is 1. The molecule has 2 N–H and O–H groups in total. The number of carboxylic acid groups (broad SMARTS) is 1. The van der Waals surface area contributed by atoms with E-state index < -0.39 is 11.4 Å². The van der Waals surface area contributed by atoms with Crippen LogP contribution in [0.15, 0.2) is 0 Å². The van der Waals surface area contributed by atoms with Crippen molar-refractivity contribution in [3.63, 3.8) is 0 Å². The Kier molecular flexibility index (Phi) is 3.79. The third-order valence-corrected chi connectivity index (χ3v) is 9.30. The summed E-state index contributed by atoms with van der Waals surface area (Å²) in [6.07, 6.45) is 8.09. The number of aliphatic carboxylic acids is 1. The van der Waals surface area contributed by atoms with Gasteiger partial charge in [0.2, 0.25) is 0 Å². The summed E-state index contributed by atoms with van der Waals surface area (Å²) in [4.78, 5) is 12.1. The Morgan fingerprint density at radius 1 is 1.16 bits per heavy atom. The molecule has 4 nitrogen and oxygen atoms in total. The van der Waals surface area contributed by atoms with Crippen molar-refractivity contribution in [1.29, 1.82) is 5.26 Å². The molecule has 25 heavy (non-hydrogen) atoms. The van der Waals surface area contributed by atoms with E-state index in [9.17, 15) is 20.3 Å². The first kappa shape index (κ1) is 17.3. The van der Waals surface area contributed by atoms with E-state index in [1.165, 1.54) is 0 Å². The molecule has 8 atom stereocenters. The molecule has 0 aliphatic heterocycles. The van der Waals surface area contributed by atoms with Gasteiger partial charge >= 0.3 is 5.97 Å². The van der Waals surface area contributed by atoms with E-state index in [1.54, 1.807) is 0 Å². The fourth-order valence-electron chi connectivity index (χ4n) is 8.11. The van der Waals surface area contributed by atoms with Crippen LogP contribution in [-0.2, 0) is 4.79 Å². The second kappa shape index (κ2) is 5.46. The molecule has 5 fully saturated rings. The first-order valence-electron chi connectivity index (χ1n) is 10.1. The second-order valence-electron chi connectivity index (χ2n) is 9.96. The fraction of sp³-hybridized carbons (Fsp3) is 0.905. The van der Waals surface area contributed by atoms with Crippen molar-refractivity contribution in [3.05, 3.63) is 0 Å². The smallest absolute Gasteiger partial charge is 0.309 e. The van der Waals surface area contributed by atoms with Crippen LogP contribution in [0.2, 0.25) is 0 Å². The zero-order valence-electron chi connectivity index (χ0n) is 15.5. The number of nitrogens with zero attached hydrogens (tertiary/aromatic N) is 1. The standard InChI is InChI=1S/C21H31NO3/c1-19-7-3-8-20(2,18(24)25)15(19)5-10-21-9-4-13(12-16(19)21)14(6-11-22)17(21)23/h13-17,23H,3-10,12H2,1-2H3,(H,24,25)/t13-,14+,15+,16+,17-,19-,20-,21+/m1/s1. The molecule has 1 spiro atoms. The van der Waals surface area contributed by atoms with Crippen LogP contribution >= 0.6 is 0 Å². The molecule has 0 unspecified atom stereocenters. The Bertz CT molecular complexity index is 627. The van der Waals surface area contributed by atoms with Crippen LogP contribution in [0.3, 0.4) is 0 Å². The minimum absolute atomic E-state index is 0.0148. The zero-order chi connectivity index (χ0) is 18.0. The van der Waals surface area contributed by atoms with Gasteiger partial charge in [0.25, 0.3) is 0 Å². The maximum atomic E-state index is 12.1. The van der Waals surface area contributed by atoms with Crippen LogP contribution in [0.1, 0.15) is 71.6 Å². The predicted molar refractivity (Wildman–Crippen MR) is 93.4 cm³/mol. The summed E-state index contributed by atoms with van der Waals surface area (Å²) in [5, 5.41) is 30.4. The molecule has 0 saturated heterocycles. The molecular weight excluding hydrogens is 314 g/mol. The molecule has 0 amide bonds. The first-order chi connectivity index (χ1) is 11.8. The minimum Gasteiger partial charge on any atom is -0.481 e. The zero-order valence-corrected chi connectivity index (χ0v) is 15.5. The first-order valence-corrected chi connectivity index (χ1v) is 10.1. The van der Waals surface area contributed by atoms with Crippen molar-refractivity contribution in [2.45, 2.75) is 77.7 Å². The van der Waals surface area contributed by atoms with Crippen molar-refractivity contribution in [2.24, 2.45) is 39.9 Å². The average Bonchev–Trinajstić information content (AvgIpc) is 2.57. The fourth-order valence-corrected chi connectivity index (χ4v) is 8.11. The normalized spacial score (nSPS) is 54.2. The van der Waals surface area contributed by atoms with Gasteiger partial charge in [-0.05, 0) is 80.5 Å². The van der Waals surface area contributed by atoms with Gasteiger partial charge in [-0.2, -0.15) is 5.26 Å². The molecule has 5 aliphatic carbocycles. The van der Waals surface area contributed by atoms with Crippen molar-refractivity contribution >= 4 is 5.97 Å². The van der Waals surface area contributed by atoms with E-state index in [1.807, 2.05) is 6.92 Å². The molecule has 138 valence electrons. The Hall–Kier alpha value is -1.08. The van der Waals surface area contributed by atoms with E-state index >= 15 is 0 Å². The number of aliphatic hydroxyl groups excluding tert-OH is 1. The monoisotopic (exact) mass is 345 g/mol. The highest BCUT2D eigenvalue weighted by atomic mass is 16.4. The quantitative estimate of drug-likeness (QED) is 0.793. The third-order valence-electron chi connectivity index (χ3n) is 9.30. The molecule has 4 heteroatoms. The lowest BCUT2D eigenvalue weighted by atomic mass is 9.35. The van der Waals surface area contributed by atoms with Crippen LogP contribution in [0.4, 0.5) is 0 Å². The Balaban J connectivity index is 1.73. The van der Waals surface area contributed by atoms with E-state index in [2.05, 4.69) is 13.0 Å². The van der Waals surface area contributed by atoms with Crippen LogP contribution < -0.4 is 0 Å². The van der Waals surface area contributed by atoms with E-state index in [4.69, 9.17) is 0 Å². The minimum atomic E-state index is -0.636. The summed E-state index contributed by atoms with van der Waals surface area (Å²) in [6, 6.07) is 2.30. The lowest BCUT2D eigenvalue weighted by Gasteiger charge is -2.69. The molecular formula is C21H31NO3. The summed E-state index contributed by atoms with van der Waals surface area (Å²) in [7, 11) is 0. The summed E-state index contributed by atoms with van der Waals surface area (Å²) in [6.45, 7) is 4.29. The summed E-state index contributed by atoms with van der Waals surface area (Å²) in [5.41, 5.74) is -0.679. The van der Waals surface area contributed by atoms with Crippen LogP contribution in [0, 0.1) is 51.2 Å². The molecule has 5 rings (SSSR count). The van der Waals surface area contributed by atoms with Gasteiger partial charge < -0.3 is 10.2 Å². The van der Waals surface area contributed by atoms with Crippen LogP contribution in [0.5, 0.6) is 0 Å². The maximum absolute atomic E-state index is 12.1. The largest absolute Gasteiger partial charge is 0.481 e. The van der Waals surface area contributed by atoms with Gasteiger partial charge in [0.15, 0.2) is 0 Å². The van der Waals surface area contributed by atoms with Gasteiger partial charge in [0, 0.05) is 12.3 Å². The highest BCUT2D eigenvalue weighted by molar-refractivity contribution is 5.75. The molecule has 0 aromatic carbocycles. The van der Waals surface area contributed by atoms with Crippen LogP contribution in [-0.4, -0.2) is 22.3 Å². The Labute approximate surface area is 150 Å². The lowest BCUT2D eigenvalue weighted by molar-refractivity contribution is -0.244. The van der Waals surface area contributed by atoms with Crippen LogP contribution in [0.25, 0.3) is 0 Å². The number of fused-ring (bicyclic) bond motifs is 3. The Morgan fingerprint density at radius 2 is 1.88 bits per heavy atom. The summed E-state index contributed by atoms with van der Waals surface area (Å²) >= 11 is 0. The van der Waals surface area contributed by atoms with Gasteiger partial charge in [0.1, 0.15) is 0 Å². The summed E-state index contributed by atoms with van der Waals surface area (Å²) < 4.78 is 0. The number of carboxylic acids is 1. The SMILES string of the molecule is C[C@@]12CCC[C@@](C)(C(=O)O)[C@H]1CC[C@@]13CC[C@H](C[C@@H]21)[C@H](CC#N)[C@H]3O. The van der Waals surface area contributed by atoms with Crippen molar-refractivity contribution in [2.75, 3.05) is 0 Å². The highest BCUT2D eigenvalue weighted by Gasteiger charge is 2.68. The van der Waals surface area contributed by atoms with E-state index in [0.29, 0.717) is 18.3 Å². The average molecular weight is 345 g/mol. The van der Waals surface area contributed by atoms with Gasteiger partial charge in [-0.15, -0.1) is 0 Å². The van der Waals surface area contributed by atoms with E-state index in [0.717, 1.165) is 51.4 Å². The topological polar surface area (TPSA) is 81.3 Å². The molecule has 0 heterocycles. The molecule has 0 radical (unpaired) electrons. The van der Waals surface area contributed by atoms with Gasteiger partial charge in [-0.3, -0.25) is 4.79 Å². The third kappa shape index (κ3) is 2.05. The van der Waals surface area contributed by atoms with Gasteiger partial charge in [-0.25, -0.2) is 0 Å². The van der Waals surface area contributed by atoms with Gasteiger partial charge in [-0.1, -0.05) is 13.3 Å². The molecule has 0 aromatic rings. The van der Waals surface area contributed by atoms with Crippen molar-refractivity contribution in [3.8, 4) is 6.07 Å². The Morgan fingerprint density at radius 3 is 2.56 bits per heavy atom. The van der Waals surface area contributed by atoms with Crippen molar-refractivity contribution in [1.82, 2.24) is 0 Å². The number of rotatable bonds is 2. The molecule has 2 bridgehead atoms. The summed E-state index contributed by atoms with van der Waals surface area (Å²) in [5.74, 6) is 0.562. The molecule has 5 saturated carbocycles.